The summed E-state index contributed by atoms with van der Waals surface area (Å²) in [6.45, 7) is 7.69. The number of halogens is 1. The third-order valence-corrected chi connectivity index (χ3v) is 10.1. The zero-order chi connectivity index (χ0) is 21.5. The van der Waals surface area contributed by atoms with Gasteiger partial charge in [0.05, 0.1) is 0 Å². The first kappa shape index (κ1) is 22.1. The molecule has 0 amide bonds. The average Bonchev–Trinajstić information content (AvgIpc) is 3.06. The lowest BCUT2D eigenvalue weighted by Crippen LogP contribution is -2.54. The third-order valence-electron chi connectivity index (χ3n) is 10.1. The lowest BCUT2D eigenvalue weighted by molar-refractivity contribution is -0.111. The number of rotatable bonds is 2. The van der Waals surface area contributed by atoms with Crippen molar-refractivity contribution >= 4 is 5.69 Å². The van der Waals surface area contributed by atoms with Crippen molar-refractivity contribution in [1.82, 2.24) is 0 Å². The first-order chi connectivity index (χ1) is 14.4. The minimum absolute atomic E-state index is 0.133. The molecule has 8 unspecified atom stereocenters. The molecule has 8 atom stereocenters. The fraction of sp³-hybridized carbons (Fsp3) is 0.778. The molecular formula is C27H42FNO. The van der Waals surface area contributed by atoms with E-state index in [-0.39, 0.29) is 5.82 Å². The number of fused-ring (bicyclic) bond motifs is 5. The van der Waals surface area contributed by atoms with Crippen LogP contribution >= 0.6 is 0 Å². The molecular weight excluding hydrogens is 373 g/mol. The van der Waals surface area contributed by atoms with E-state index in [1.54, 1.807) is 12.1 Å². The van der Waals surface area contributed by atoms with Crippen LogP contribution in [0.15, 0.2) is 24.3 Å². The smallest absolute Gasteiger partial charge is 0.125 e. The van der Waals surface area contributed by atoms with E-state index in [9.17, 15) is 4.39 Å². The molecule has 5 rings (SSSR count). The third kappa shape index (κ3) is 3.59. The standard InChI is InChI=1S/C26H38FN.CH4O/c1-17-11-13-25(2)18(15-17)7-8-21-22-9-10-24(26(22,3)14-12-23(21)25)28-20-6-4-5-19(27)16-20;1-2/h4-6,16-18,21-24,28H,7-15H2,1-3H3;2H,1H3. The zero-order valence-corrected chi connectivity index (χ0v) is 19.5. The van der Waals surface area contributed by atoms with Crippen LogP contribution < -0.4 is 5.32 Å². The lowest BCUT2D eigenvalue weighted by Gasteiger charge is -2.61. The fourth-order valence-electron chi connectivity index (χ4n) is 8.49. The number of hydrogen-bond acceptors (Lipinski definition) is 2. The molecule has 168 valence electrons. The Labute approximate surface area is 183 Å². The van der Waals surface area contributed by atoms with Crippen LogP contribution in [-0.2, 0) is 0 Å². The number of anilines is 1. The van der Waals surface area contributed by atoms with Gasteiger partial charge >= 0.3 is 0 Å². The maximum absolute atomic E-state index is 13.7. The van der Waals surface area contributed by atoms with Crippen LogP contribution in [0.2, 0.25) is 0 Å². The van der Waals surface area contributed by atoms with E-state index in [2.05, 4.69) is 26.1 Å². The molecule has 2 nitrogen and oxygen atoms in total. The van der Waals surface area contributed by atoms with E-state index >= 15 is 0 Å². The molecule has 0 aromatic heterocycles. The highest BCUT2D eigenvalue weighted by Crippen LogP contribution is 2.66. The number of hydrogen-bond donors (Lipinski definition) is 2. The quantitative estimate of drug-likeness (QED) is 0.551. The predicted octanol–water partition coefficient (Wildman–Crippen LogP) is 6.89. The van der Waals surface area contributed by atoms with Gasteiger partial charge in [0.1, 0.15) is 5.82 Å². The van der Waals surface area contributed by atoms with E-state index in [1.165, 1.54) is 57.8 Å². The van der Waals surface area contributed by atoms with E-state index in [0.29, 0.717) is 16.9 Å². The zero-order valence-electron chi connectivity index (χ0n) is 19.5. The Morgan fingerprint density at radius 2 is 1.67 bits per heavy atom. The van der Waals surface area contributed by atoms with Crippen molar-refractivity contribution < 1.29 is 9.50 Å². The molecule has 0 bridgehead atoms. The summed E-state index contributed by atoms with van der Waals surface area (Å²) in [4.78, 5) is 0. The summed E-state index contributed by atoms with van der Waals surface area (Å²) in [5, 5.41) is 10.7. The summed E-state index contributed by atoms with van der Waals surface area (Å²) in [7, 11) is 1.00. The van der Waals surface area contributed by atoms with Crippen molar-refractivity contribution in [2.75, 3.05) is 12.4 Å². The molecule has 2 N–H and O–H groups in total. The minimum Gasteiger partial charge on any atom is -0.400 e. The summed E-state index contributed by atoms with van der Waals surface area (Å²) in [5.74, 6) is 4.51. The maximum Gasteiger partial charge on any atom is 0.125 e. The summed E-state index contributed by atoms with van der Waals surface area (Å²) in [6.07, 6.45) is 12.7. The Bertz CT molecular complexity index is 737. The Morgan fingerprint density at radius 3 is 2.43 bits per heavy atom. The van der Waals surface area contributed by atoms with Crippen LogP contribution in [-0.4, -0.2) is 18.3 Å². The van der Waals surface area contributed by atoms with E-state index in [1.807, 2.05) is 12.1 Å². The highest BCUT2D eigenvalue weighted by Gasteiger charge is 2.60. The molecule has 3 heteroatoms. The van der Waals surface area contributed by atoms with Gasteiger partial charge in [0.15, 0.2) is 0 Å². The number of aliphatic hydroxyl groups excluding tert-OH is 1. The molecule has 4 aliphatic carbocycles. The Balaban J connectivity index is 0.00000106. The van der Waals surface area contributed by atoms with Gasteiger partial charge < -0.3 is 10.4 Å². The average molecular weight is 416 g/mol. The predicted molar refractivity (Wildman–Crippen MR) is 123 cm³/mol. The van der Waals surface area contributed by atoms with Crippen molar-refractivity contribution in [1.29, 1.82) is 0 Å². The Morgan fingerprint density at radius 1 is 0.933 bits per heavy atom. The molecule has 1 aromatic rings. The normalized spacial score (nSPS) is 44.7. The Hall–Kier alpha value is -1.09. The second-order valence-corrected chi connectivity index (χ2v) is 11.4. The Kier molecular flexibility index (Phi) is 6.23. The fourth-order valence-corrected chi connectivity index (χ4v) is 8.49. The summed E-state index contributed by atoms with van der Waals surface area (Å²) < 4.78 is 13.7. The van der Waals surface area contributed by atoms with Crippen LogP contribution in [0.4, 0.5) is 10.1 Å². The molecule has 0 spiro atoms. The van der Waals surface area contributed by atoms with Crippen molar-refractivity contribution in [2.24, 2.45) is 40.4 Å². The molecule has 4 aliphatic rings. The summed E-state index contributed by atoms with van der Waals surface area (Å²) in [6, 6.07) is 7.56. The van der Waals surface area contributed by atoms with Crippen LogP contribution in [0.3, 0.4) is 0 Å². The molecule has 0 saturated heterocycles. The largest absolute Gasteiger partial charge is 0.400 e. The van der Waals surface area contributed by atoms with Gasteiger partial charge in [0.2, 0.25) is 0 Å². The van der Waals surface area contributed by atoms with Gasteiger partial charge in [-0.05, 0) is 110 Å². The molecule has 4 saturated carbocycles. The van der Waals surface area contributed by atoms with Crippen molar-refractivity contribution in [2.45, 2.75) is 84.6 Å². The monoisotopic (exact) mass is 415 g/mol. The molecule has 30 heavy (non-hydrogen) atoms. The highest BCUT2D eigenvalue weighted by molar-refractivity contribution is 5.45. The lowest BCUT2D eigenvalue weighted by atomic mass is 9.44. The molecule has 0 aliphatic heterocycles. The molecule has 4 fully saturated rings. The maximum atomic E-state index is 13.7. The number of nitrogens with one attached hydrogen (secondary N) is 1. The van der Waals surface area contributed by atoms with E-state index in [0.717, 1.165) is 42.4 Å². The topological polar surface area (TPSA) is 32.3 Å². The molecule has 0 heterocycles. The van der Waals surface area contributed by atoms with Gasteiger partial charge in [0.25, 0.3) is 0 Å². The van der Waals surface area contributed by atoms with Crippen LogP contribution in [0, 0.1) is 46.2 Å². The van der Waals surface area contributed by atoms with Crippen molar-refractivity contribution in [3.8, 4) is 0 Å². The first-order valence-corrected chi connectivity index (χ1v) is 12.4. The van der Waals surface area contributed by atoms with Gasteiger partial charge in [-0.3, -0.25) is 0 Å². The second-order valence-electron chi connectivity index (χ2n) is 11.4. The second kappa shape index (κ2) is 8.45. The van der Waals surface area contributed by atoms with E-state index in [4.69, 9.17) is 5.11 Å². The SMILES string of the molecule is CC1CCC2(C)C(CCC3C2CCC2(C)C(Nc4cccc(F)c4)CCC32)C1.CO. The van der Waals surface area contributed by atoms with Gasteiger partial charge in [0, 0.05) is 18.8 Å². The van der Waals surface area contributed by atoms with Crippen LogP contribution in [0.25, 0.3) is 0 Å². The van der Waals surface area contributed by atoms with Gasteiger partial charge in [-0.2, -0.15) is 0 Å². The van der Waals surface area contributed by atoms with Crippen LogP contribution in [0.1, 0.15) is 78.6 Å². The van der Waals surface area contributed by atoms with E-state index < -0.39 is 0 Å². The molecule has 1 aromatic carbocycles. The number of benzene rings is 1. The van der Waals surface area contributed by atoms with Crippen LogP contribution in [0.5, 0.6) is 0 Å². The van der Waals surface area contributed by atoms with Gasteiger partial charge in [-0.15, -0.1) is 0 Å². The van der Waals surface area contributed by atoms with Crippen molar-refractivity contribution in [3.05, 3.63) is 30.1 Å². The van der Waals surface area contributed by atoms with Gasteiger partial charge in [-0.1, -0.05) is 33.3 Å². The summed E-state index contributed by atoms with van der Waals surface area (Å²) in [5.41, 5.74) is 1.94. The van der Waals surface area contributed by atoms with Gasteiger partial charge in [-0.25, -0.2) is 4.39 Å². The minimum atomic E-state index is -0.133. The van der Waals surface area contributed by atoms with Crippen molar-refractivity contribution in [3.63, 3.8) is 0 Å². The molecule has 0 radical (unpaired) electrons. The highest BCUT2D eigenvalue weighted by atomic mass is 19.1. The number of aliphatic hydroxyl groups is 1. The summed E-state index contributed by atoms with van der Waals surface area (Å²) >= 11 is 0. The first-order valence-electron chi connectivity index (χ1n) is 12.4.